The lowest BCUT2D eigenvalue weighted by Crippen LogP contribution is -1.96. The highest BCUT2D eigenvalue weighted by atomic mass is 35.5. The van der Waals surface area contributed by atoms with Crippen LogP contribution >= 0.6 is 22.9 Å². The van der Waals surface area contributed by atoms with E-state index in [-0.39, 0.29) is 5.56 Å². The number of carboxylic acids is 1. The first kappa shape index (κ1) is 21.1. The van der Waals surface area contributed by atoms with Crippen LogP contribution < -0.4 is 0 Å². The summed E-state index contributed by atoms with van der Waals surface area (Å²) in [6.45, 7) is 0. The summed E-state index contributed by atoms with van der Waals surface area (Å²) in [7, 11) is 0. The Bertz CT molecular complexity index is 1430. The van der Waals surface area contributed by atoms with Crippen molar-refractivity contribution in [2.45, 2.75) is 6.42 Å². The van der Waals surface area contributed by atoms with Crippen molar-refractivity contribution in [1.82, 2.24) is 15.2 Å². The van der Waals surface area contributed by atoms with Crippen molar-refractivity contribution < 1.29 is 14.3 Å². The van der Waals surface area contributed by atoms with Gasteiger partial charge in [0.1, 0.15) is 10.0 Å². The number of nitrogens with zero attached hydrogens (tertiary/aromatic N) is 3. The Morgan fingerprint density at radius 3 is 2.45 bits per heavy atom. The van der Waals surface area contributed by atoms with E-state index in [9.17, 15) is 4.79 Å². The Morgan fingerprint density at radius 2 is 1.70 bits per heavy atom. The maximum absolute atomic E-state index is 11.0. The average Bonchev–Trinajstić information content (AvgIpc) is 3.50. The summed E-state index contributed by atoms with van der Waals surface area (Å²) in [5.41, 5.74) is 3.90. The Kier molecular flexibility index (Phi) is 5.73. The van der Waals surface area contributed by atoms with Crippen LogP contribution in [0, 0.1) is 0 Å². The predicted octanol–water partition coefficient (Wildman–Crippen LogP) is 6.47. The molecule has 0 saturated carbocycles. The normalized spacial score (nSPS) is 10.9. The number of carboxylic acid groups (broad SMARTS) is 1. The standard InChI is InChI=1S/C25H16ClN3O3S/c26-20-10-8-16(9-11-20)21-14-27-23(32-21)18-2-1-3-19(13-18)24-29-28-22(33-24)12-15-4-6-17(7-5-15)25(30)31/h1-11,13-14H,12H2,(H,30,31). The van der Waals surface area contributed by atoms with E-state index in [1.807, 2.05) is 48.5 Å². The molecule has 162 valence electrons. The number of aromatic carboxylic acids is 1. The maximum atomic E-state index is 11.0. The van der Waals surface area contributed by atoms with Gasteiger partial charge in [-0.15, -0.1) is 10.2 Å². The lowest BCUT2D eigenvalue weighted by molar-refractivity contribution is 0.0697. The van der Waals surface area contributed by atoms with Crippen LogP contribution in [-0.4, -0.2) is 26.3 Å². The van der Waals surface area contributed by atoms with E-state index < -0.39 is 5.97 Å². The second-order valence-corrected chi connectivity index (χ2v) is 8.80. The van der Waals surface area contributed by atoms with Gasteiger partial charge in [-0.2, -0.15) is 0 Å². The molecule has 0 bridgehead atoms. The minimum absolute atomic E-state index is 0.263. The van der Waals surface area contributed by atoms with Crippen molar-refractivity contribution in [3.63, 3.8) is 0 Å². The minimum atomic E-state index is -0.939. The van der Waals surface area contributed by atoms with Crippen molar-refractivity contribution in [3.8, 4) is 33.3 Å². The fourth-order valence-corrected chi connectivity index (χ4v) is 4.32. The number of halogens is 1. The Balaban J connectivity index is 1.35. The summed E-state index contributed by atoms with van der Waals surface area (Å²) < 4.78 is 5.97. The quantitative estimate of drug-likeness (QED) is 0.304. The van der Waals surface area contributed by atoms with Crippen LogP contribution in [0.4, 0.5) is 0 Å². The Hall–Kier alpha value is -3.81. The first-order valence-electron chi connectivity index (χ1n) is 10.0. The number of hydrogen-bond acceptors (Lipinski definition) is 6. The first-order chi connectivity index (χ1) is 16.0. The molecule has 0 spiro atoms. The van der Waals surface area contributed by atoms with Gasteiger partial charge in [-0.05, 0) is 54.1 Å². The molecule has 3 aromatic carbocycles. The third-order valence-corrected chi connectivity index (χ3v) is 6.24. The molecule has 8 heteroatoms. The second-order valence-electron chi connectivity index (χ2n) is 7.30. The van der Waals surface area contributed by atoms with Crippen LogP contribution in [0.25, 0.3) is 33.3 Å². The molecule has 5 aromatic rings. The van der Waals surface area contributed by atoms with Crippen molar-refractivity contribution in [1.29, 1.82) is 0 Å². The van der Waals surface area contributed by atoms with Gasteiger partial charge in [-0.25, -0.2) is 9.78 Å². The smallest absolute Gasteiger partial charge is 0.335 e. The monoisotopic (exact) mass is 473 g/mol. The molecule has 0 aliphatic rings. The summed E-state index contributed by atoms with van der Waals surface area (Å²) >= 11 is 7.46. The van der Waals surface area contributed by atoms with Crippen LogP contribution in [0.2, 0.25) is 5.02 Å². The topological polar surface area (TPSA) is 89.1 Å². The predicted molar refractivity (Wildman–Crippen MR) is 127 cm³/mol. The third-order valence-electron chi connectivity index (χ3n) is 5.01. The van der Waals surface area contributed by atoms with Gasteiger partial charge in [0.15, 0.2) is 5.76 Å². The maximum Gasteiger partial charge on any atom is 0.335 e. The zero-order valence-electron chi connectivity index (χ0n) is 17.1. The fraction of sp³-hybridized carbons (Fsp3) is 0.0400. The van der Waals surface area contributed by atoms with E-state index >= 15 is 0 Å². The highest BCUT2D eigenvalue weighted by Crippen LogP contribution is 2.31. The van der Waals surface area contributed by atoms with Gasteiger partial charge < -0.3 is 9.52 Å². The fourth-order valence-electron chi connectivity index (χ4n) is 3.32. The summed E-state index contributed by atoms with van der Waals surface area (Å²) in [5.74, 6) is 0.246. The number of carbonyl (C=O) groups is 1. The zero-order valence-corrected chi connectivity index (χ0v) is 18.7. The van der Waals surface area contributed by atoms with Crippen LogP contribution in [0.3, 0.4) is 0 Å². The molecule has 0 atom stereocenters. The highest BCUT2D eigenvalue weighted by Gasteiger charge is 2.13. The molecular formula is C25H16ClN3O3S. The summed E-state index contributed by atoms with van der Waals surface area (Å²) in [4.78, 5) is 15.4. The summed E-state index contributed by atoms with van der Waals surface area (Å²) in [6, 6.07) is 22.0. The van der Waals surface area contributed by atoms with E-state index in [1.165, 1.54) is 11.3 Å². The summed E-state index contributed by atoms with van der Waals surface area (Å²) in [6.07, 6.45) is 2.28. The van der Waals surface area contributed by atoms with Crippen molar-refractivity contribution in [3.05, 3.63) is 100 Å². The largest absolute Gasteiger partial charge is 0.478 e. The molecule has 33 heavy (non-hydrogen) atoms. The van der Waals surface area contributed by atoms with Gasteiger partial charge in [0.25, 0.3) is 0 Å². The van der Waals surface area contributed by atoms with Gasteiger partial charge in [0, 0.05) is 28.1 Å². The van der Waals surface area contributed by atoms with Crippen molar-refractivity contribution in [2.75, 3.05) is 0 Å². The van der Waals surface area contributed by atoms with Crippen molar-refractivity contribution >= 4 is 28.9 Å². The number of benzene rings is 3. The average molecular weight is 474 g/mol. The van der Waals surface area contributed by atoms with Crippen LogP contribution in [0.1, 0.15) is 20.9 Å². The summed E-state index contributed by atoms with van der Waals surface area (Å²) in [5, 5.41) is 20.0. The van der Waals surface area contributed by atoms with Crippen LogP contribution in [-0.2, 0) is 6.42 Å². The van der Waals surface area contributed by atoms with Gasteiger partial charge in [-0.1, -0.05) is 47.2 Å². The molecule has 0 aliphatic carbocycles. The first-order valence-corrected chi connectivity index (χ1v) is 11.2. The van der Waals surface area contributed by atoms with Gasteiger partial charge in [-0.3, -0.25) is 0 Å². The lowest BCUT2D eigenvalue weighted by atomic mass is 10.1. The molecule has 0 aliphatic heterocycles. The molecule has 2 aromatic heterocycles. The van der Waals surface area contributed by atoms with Crippen LogP contribution in [0.15, 0.2) is 83.4 Å². The molecule has 2 heterocycles. The number of aromatic nitrogens is 3. The van der Waals surface area contributed by atoms with E-state index in [0.717, 1.165) is 32.3 Å². The molecule has 1 N–H and O–H groups in total. The molecular weight excluding hydrogens is 458 g/mol. The van der Waals surface area contributed by atoms with E-state index in [1.54, 1.807) is 30.5 Å². The van der Waals surface area contributed by atoms with Crippen LogP contribution in [0.5, 0.6) is 0 Å². The minimum Gasteiger partial charge on any atom is -0.478 e. The number of rotatable bonds is 6. The van der Waals surface area contributed by atoms with E-state index in [2.05, 4.69) is 15.2 Å². The third kappa shape index (κ3) is 4.69. The molecule has 0 fully saturated rings. The Morgan fingerprint density at radius 1 is 0.939 bits per heavy atom. The molecule has 0 saturated heterocycles. The molecule has 0 unspecified atom stereocenters. The van der Waals surface area contributed by atoms with Gasteiger partial charge >= 0.3 is 5.97 Å². The SMILES string of the molecule is O=C(O)c1ccc(Cc2nnc(-c3cccc(-c4ncc(-c5ccc(Cl)cc5)o4)c3)s2)cc1. The Labute approximate surface area is 198 Å². The molecule has 5 rings (SSSR count). The zero-order chi connectivity index (χ0) is 22.8. The van der Waals surface area contributed by atoms with Crippen molar-refractivity contribution in [2.24, 2.45) is 0 Å². The van der Waals surface area contributed by atoms with E-state index in [0.29, 0.717) is 23.1 Å². The molecule has 0 radical (unpaired) electrons. The molecule has 6 nitrogen and oxygen atoms in total. The lowest BCUT2D eigenvalue weighted by Gasteiger charge is -2.00. The van der Waals surface area contributed by atoms with E-state index in [4.69, 9.17) is 21.1 Å². The second kappa shape index (κ2) is 8.97. The highest BCUT2D eigenvalue weighted by molar-refractivity contribution is 7.14. The van der Waals surface area contributed by atoms with Gasteiger partial charge in [0.05, 0.1) is 11.8 Å². The molecule has 0 amide bonds. The number of oxazole rings is 1. The van der Waals surface area contributed by atoms with Gasteiger partial charge in [0.2, 0.25) is 5.89 Å². The number of hydrogen-bond donors (Lipinski definition) is 1.